The average molecular weight is 332 g/mol. The number of aryl methyl sites for hydroxylation is 2. The summed E-state index contributed by atoms with van der Waals surface area (Å²) in [6, 6.07) is 20.0. The van der Waals surface area contributed by atoms with Gasteiger partial charge in [0.05, 0.1) is 10.2 Å². The van der Waals surface area contributed by atoms with Crippen LogP contribution in [0.3, 0.4) is 0 Å². The fraction of sp³-hybridized carbons (Fsp3) is 0.100. The van der Waals surface area contributed by atoms with Gasteiger partial charge < -0.3 is 4.57 Å². The Morgan fingerprint density at radius 2 is 1.75 bits per heavy atom. The number of aromatic nitrogens is 1. The molecule has 0 atom stereocenters. The third-order valence-electron chi connectivity index (χ3n) is 4.27. The van der Waals surface area contributed by atoms with E-state index in [0.717, 1.165) is 20.6 Å². The largest absolute Gasteiger partial charge is 0.319 e. The summed E-state index contributed by atoms with van der Waals surface area (Å²) in [5.41, 5.74) is 2.69. The van der Waals surface area contributed by atoms with Gasteiger partial charge in [0.1, 0.15) is 0 Å². The van der Waals surface area contributed by atoms with Crippen LogP contribution in [0.1, 0.15) is 15.9 Å². The molecule has 4 rings (SSSR count). The lowest BCUT2D eigenvalue weighted by Crippen LogP contribution is -2.13. The average Bonchev–Trinajstić information content (AvgIpc) is 2.92. The molecule has 0 aliphatic heterocycles. The standard InChI is InChI=1S/C20H16N2OS/c1-13-7-3-5-9-15(13)19(23)21-20-22(2)17-12-11-14-8-4-6-10-16(14)18(17)24-20/h3-12H,1-2H3. The topological polar surface area (TPSA) is 34.4 Å². The van der Waals surface area contributed by atoms with E-state index >= 15 is 0 Å². The molecule has 0 aliphatic rings. The molecule has 0 fully saturated rings. The van der Waals surface area contributed by atoms with E-state index in [1.165, 1.54) is 10.8 Å². The number of thiazole rings is 1. The number of fused-ring (bicyclic) bond motifs is 3. The van der Waals surface area contributed by atoms with Crippen LogP contribution in [-0.2, 0) is 7.05 Å². The van der Waals surface area contributed by atoms with Crippen molar-refractivity contribution < 1.29 is 4.79 Å². The van der Waals surface area contributed by atoms with Crippen molar-refractivity contribution in [1.29, 1.82) is 0 Å². The lowest BCUT2D eigenvalue weighted by atomic mass is 10.1. The number of nitrogens with zero attached hydrogens (tertiary/aromatic N) is 2. The summed E-state index contributed by atoms with van der Waals surface area (Å²) in [4.78, 5) is 17.6. The van der Waals surface area contributed by atoms with Crippen LogP contribution in [0.4, 0.5) is 0 Å². The van der Waals surface area contributed by atoms with Crippen molar-refractivity contribution >= 4 is 38.2 Å². The van der Waals surface area contributed by atoms with E-state index in [0.29, 0.717) is 5.56 Å². The Morgan fingerprint density at radius 1 is 1.00 bits per heavy atom. The molecule has 0 saturated carbocycles. The van der Waals surface area contributed by atoms with Crippen molar-refractivity contribution in [1.82, 2.24) is 4.57 Å². The van der Waals surface area contributed by atoms with Crippen LogP contribution in [0.2, 0.25) is 0 Å². The molecule has 3 aromatic carbocycles. The van der Waals surface area contributed by atoms with Gasteiger partial charge in [-0.3, -0.25) is 4.79 Å². The van der Waals surface area contributed by atoms with Gasteiger partial charge in [0.2, 0.25) is 0 Å². The highest BCUT2D eigenvalue weighted by Gasteiger charge is 2.10. The molecule has 1 heterocycles. The summed E-state index contributed by atoms with van der Waals surface area (Å²) in [5.74, 6) is -0.195. The SMILES string of the molecule is Cc1ccccc1C(=O)N=c1sc2c3ccccc3ccc2n1C. The molecule has 0 saturated heterocycles. The number of hydrogen-bond acceptors (Lipinski definition) is 2. The van der Waals surface area contributed by atoms with Crippen LogP contribution < -0.4 is 4.80 Å². The van der Waals surface area contributed by atoms with Gasteiger partial charge >= 0.3 is 0 Å². The van der Waals surface area contributed by atoms with E-state index in [4.69, 9.17) is 0 Å². The second-order valence-electron chi connectivity index (χ2n) is 5.81. The van der Waals surface area contributed by atoms with Gasteiger partial charge in [-0.25, -0.2) is 0 Å². The quantitative estimate of drug-likeness (QED) is 0.507. The molecule has 3 nitrogen and oxygen atoms in total. The minimum atomic E-state index is -0.195. The molecule has 0 spiro atoms. The molecule has 118 valence electrons. The van der Waals surface area contributed by atoms with Crippen LogP contribution in [0.15, 0.2) is 65.7 Å². The molecule has 0 bridgehead atoms. The molecule has 0 radical (unpaired) electrons. The fourth-order valence-corrected chi connectivity index (χ4v) is 4.08. The van der Waals surface area contributed by atoms with Gasteiger partial charge in [-0.15, -0.1) is 0 Å². The third-order valence-corrected chi connectivity index (χ3v) is 5.45. The molecular formula is C20H16N2OS. The zero-order chi connectivity index (χ0) is 16.7. The van der Waals surface area contributed by atoms with Crippen molar-refractivity contribution in [2.75, 3.05) is 0 Å². The lowest BCUT2D eigenvalue weighted by Gasteiger charge is -2.00. The van der Waals surface area contributed by atoms with E-state index in [2.05, 4.69) is 29.3 Å². The molecule has 4 aromatic rings. The minimum absolute atomic E-state index is 0.195. The van der Waals surface area contributed by atoms with E-state index in [1.807, 2.05) is 54.9 Å². The highest BCUT2D eigenvalue weighted by atomic mass is 32.1. The Kier molecular flexibility index (Phi) is 3.54. The molecule has 1 amide bonds. The number of hydrogen-bond donors (Lipinski definition) is 0. The van der Waals surface area contributed by atoms with E-state index in [9.17, 15) is 4.79 Å². The maximum absolute atomic E-state index is 12.6. The predicted octanol–water partition coefficient (Wildman–Crippen LogP) is 4.44. The first-order valence-electron chi connectivity index (χ1n) is 7.77. The zero-order valence-electron chi connectivity index (χ0n) is 13.5. The minimum Gasteiger partial charge on any atom is -0.319 e. The van der Waals surface area contributed by atoms with Crippen LogP contribution in [0, 0.1) is 6.92 Å². The van der Waals surface area contributed by atoms with Crippen molar-refractivity contribution in [3.63, 3.8) is 0 Å². The maximum Gasteiger partial charge on any atom is 0.279 e. The number of rotatable bonds is 1. The van der Waals surface area contributed by atoms with Crippen LogP contribution in [0.25, 0.3) is 21.0 Å². The Morgan fingerprint density at radius 3 is 2.58 bits per heavy atom. The Labute approximate surface area is 143 Å². The Balaban J connectivity index is 1.94. The number of amides is 1. The molecule has 1 aromatic heterocycles. The van der Waals surface area contributed by atoms with Gasteiger partial charge in [-0.2, -0.15) is 4.99 Å². The first-order valence-corrected chi connectivity index (χ1v) is 8.59. The van der Waals surface area contributed by atoms with Crippen molar-refractivity contribution in [3.8, 4) is 0 Å². The van der Waals surface area contributed by atoms with Gasteiger partial charge in [0.25, 0.3) is 5.91 Å². The number of benzene rings is 3. The Bertz CT molecular complexity index is 1150. The van der Waals surface area contributed by atoms with E-state index in [-0.39, 0.29) is 5.91 Å². The lowest BCUT2D eigenvalue weighted by molar-refractivity contribution is 0.0997. The van der Waals surface area contributed by atoms with E-state index < -0.39 is 0 Å². The molecule has 24 heavy (non-hydrogen) atoms. The van der Waals surface area contributed by atoms with Crippen molar-refractivity contribution in [3.05, 3.63) is 76.6 Å². The molecule has 4 heteroatoms. The second kappa shape index (κ2) is 5.73. The predicted molar refractivity (Wildman–Crippen MR) is 99.4 cm³/mol. The summed E-state index contributed by atoms with van der Waals surface area (Å²) in [5, 5.41) is 2.39. The summed E-state index contributed by atoms with van der Waals surface area (Å²) in [7, 11) is 1.96. The van der Waals surface area contributed by atoms with Gasteiger partial charge in [0, 0.05) is 18.0 Å². The number of carbonyl (C=O) groups is 1. The summed E-state index contributed by atoms with van der Waals surface area (Å²) in [6.07, 6.45) is 0. The van der Waals surface area contributed by atoms with Crippen LogP contribution in [-0.4, -0.2) is 10.5 Å². The highest BCUT2D eigenvalue weighted by molar-refractivity contribution is 7.17. The van der Waals surface area contributed by atoms with Gasteiger partial charge in [0.15, 0.2) is 4.80 Å². The van der Waals surface area contributed by atoms with Crippen LogP contribution in [0.5, 0.6) is 0 Å². The van der Waals surface area contributed by atoms with Gasteiger partial charge in [-0.05, 0) is 30.0 Å². The normalized spacial score (nSPS) is 12.2. The molecule has 0 aliphatic carbocycles. The molecule has 0 N–H and O–H groups in total. The number of carbonyl (C=O) groups excluding carboxylic acids is 1. The monoisotopic (exact) mass is 332 g/mol. The zero-order valence-corrected chi connectivity index (χ0v) is 14.3. The maximum atomic E-state index is 12.6. The van der Waals surface area contributed by atoms with Crippen LogP contribution >= 0.6 is 11.3 Å². The van der Waals surface area contributed by atoms with Crippen molar-refractivity contribution in [2.24, 2.45) is 12.0 Å². The smallest absolute Gasteiger partial charge is 0.279 e. The fourth-order valence-electron chi connectivity index (χ4n) is 2.92. The highest BCUT2D eigenvalue weighted by Crippen LogP contribution is 2.27. The summed E-state index contributed by atoms with van der Waals surface area (Å²) < 4.78 is 3.15. The van der Waals surface area contributed by atoms with E-state index in [1.54, 1.807) is 11.3 Å². The first-order chi connectivity index (χ1) is 11.6. The third kappa shape index (κ3) is 2.36. The summed E-state index contributed by atoms with van der Waals surface area (Å²) >= 11 is 1.56. The second-order valence-corrected chi connectivity index (χ2v) is 6.79. The van der Waals surface area contributed by atoms with Gasteiger partial charge in [-0.1, -0.05) is 59.9 Å². The summed E-state index contributed by atoms with van der Waals surface area (Å²) in [6.45, 7) is 1.93. The molecular weight excluding hydrogens is 316 g/mol. The molecule has 0 unspecified atom stereocenters. The van der Waals surface area contributed by atoms with Crippen molar-refractivity contribution in [2.45, 2.75) is 6.92 Å². The first kappa shape index (κ1) is 14.8. The Hall–Kier alpha value is -2.72.